The molecular formula is C14H17N3O2S. The second kappa shape index (κ2) is 6.38. The van der Waals surface area contributed by atoms with Crippen molar-refractivity contribution in [2.24, 2.45) is 0 Å². The van der Waals surface area contributed by atoms with Crippen molar-refractivity contribution < 1.29 is 9.53 Å². The van der Waals surface area contributed by atoms with Crippen LogP contribution in [-0.2, 0) is 4.79 Å². The Kier molecular flexibility index (Phi) is 4.57. The van der Waals surface area contributed by atoms with E-state index < -0.39 is 0 Å². The first-order chi connectivity index (χ1) is 9.54. The molecule has 0 bridgehead atoms. The first-order valence-electron chi connectivity index (χ1n) is 6.24. The van der Waals surface area contributed by atoms with Gasteiger partial charge >= 0.3 is 0 Å². The van der Waals surface area contributed by atoms with Gasteiger partial charge < -0.3 is 15.8 Å². The van der Waals surface area contributed by atoms with Gasteiger partial charge in [-0.3, -0.25) is 4.79 Å². The first kappa shape index (κ1) is 14.3. The number of amides is 1. The van der Waals surface area contributed by atoms with Crippen LogP contribution in [0.15, 0.2) is 29.6 Å². The number of nitrogens with zero attached hydrogens (tertiary/aromatic N) is 1. The van der Waals surface area contributed by atoms with Crippen molar-refractivity contribution in [3.05, 3.63) is 40.3 Å². The van der Waals surface area contributed by atoms with Crippen LogP contribution in [0.1, 0.15) is 23.7 Å². The summed E-state index contributed by atoms with van der Waals surface area (Å²) < 4.78 is 5.38. The average molecular weight is 291 g/mol. The van der Waals surface area contributed by atoms with Crippen LogP contribution in [-0.4, -0.2) is 17.5 Å². The number of nitrogen functional groups attached to an aromatic ring is 1. The number of rotatable bonds is 5. The molecule has 0 fully saturated rings. The van der Waals surface area contributed by atoms with E-state index in [4.69, 9.17) is 10.5 Å². The van der Waals surface area contributed by atoms with Crippen LogP contribution < -0.4 is 15.8 Å². The highest BCUT2D eigenvalue weighted by Gasteiger charge is 2.13. The Morgan fingerprint density at radius 2 is 2.35 bits per heavy atom. The van der Waals surface area contributed by atoms with Crippen molar-refractivity contribution in [3.8, 4) is 5.75 Å². The van der Waals surface area contributed by atoms with E-state index in [1.807, 2.05) is 19.2 Å². The van der Waals surface area contributed by atoms with E-state index in [1.165, 1.54) is 11.3 Å². The fourth-order valence-corrected chi connectivity index (χ4v) is 2.47. The minimum absolute atomic E-state index is 0.0435. The quantitative estimate of drug-likeness (QED) is 0.829. The van der Waals surface area contributed by atoms with E-state index in [9.17, 15) is 4.79 Å². The zero-order valence-corrected chi connectivity index (χ0v) is 12.2. The molecule has 1 aromatic carbocycles. The summed E-state index contributed by atoms with van der Waals surface area (Å²) in [4.78, 5) is 16.1. The van der Waals surface area contributed by atoms with Crippen LogP contribution in [0.3, 0.4) is 0 Å². The third-order valence-electron chi connectivity index (χ3n) is 2.61. The SMILES string of the molecule is Cc1csc(C(C)NC(=O)COc2cccc(N)c2)n1. The number of aryl methyl sites for hydroxylation is 1. The van der Waals surface area contributed by atoms with E-state index in [0.29, 0.717) is 11.4 Å². The molecule has 0 saturated heterocycles. The molecule has 2 aromatic rings. The minimum atomic E-state index is -0.187. The summed E-state index contributed by atoms with van der Waals surface area (Å²) in [5.41, 5.74) is 7.20. The molecule has 1 heterocycles. The number of carbonyl (C=O) groups is 1. The molecule has 0 radical (unpaired) electrons. The number of ether oxygens (including phenoxy) is 1. The standard InChI is InChI=1S/C14H17N3O2S/c1-9-8-20-14(16-9)10(2)17-13(18)7-19-12-5-3-4-11(15)6-12/h3-6,8,10H,7,15H2,1-2H3,(H,17,18). The Morgan fingerprint density at radius 3 is 3.00 bits per heavy atom. The highest BCUT2D eigenvalue weighted by Crippen LogP contribution is 2.17. The summed E-state index contributed by atoms with van der Waals surface area (Å²) in [5, 5.41) is 5.70. The number of benzene rings is 1. The maximum Gasteiger partial charge on any atom is 0.258 e. The molecule has 1 aromatic heterocycles. The van der Waals surface area contributed by atoms with Crippen LogP contribution >= 0.6 is 11.3 Å². The van der Waals surface area contributed by atoms with E-state index in [0.717, 1.165) is 10.7 Å². The van der Waals surface area contributed by atoms with Crippen molar-refractivity contribution >= 4 is 22.9 Å². The highest BCUT2D eigenvalue weighted by atomic mass is 32.1. The highest BCUT2D eigenvalue weighted by molar-refractivity contribution is 7.09. The second-order valence-corrected chi connectivity index (χ2v) is 5.37. The van der Waals surface area contributed by atoms with Gasteiger partial charge in [0, 0.05) is 22.8 Å². The maximum atomic E-state index is 11.8. The zero-order chi connectivity index (χ0) is 14.5. The Labute approximate surface area is 121 Å². The largest absolute Gasteiger partial charge is 0.484 e. The number of hydrogen-bond donors (Lipinski definition) is 2. The van der Waals surface area contributed by atoms with E-state index in [2.05, 4.69) is 10.3 Å². The number of nitrogens with one attached hydrogen (secondary N) is 1. The number of thiazole rings is 1. The normalized spacial score (nSPS) is 11.9. The topological polar surface area (TPSA) is 77.2 Å². The third kappa shape index (κ3) is 3.96. The monoisotopic (exact) mass is 291 g/mol. The number of carbonyl (C=O) groups excluding carboxylic acids is 1. The molecule has 6 heteroatoms. The Bertz CT molecular complexity index is 598. The van der Waals surface area contributed by atoms with Crippen LogP contribution in [0.25, 0.3) is 0 Å². The molecule has 20 heavy (non-hydrogen) atoms. The first-order valence-corrected chi connectivity index (χ1v) is 7.12. The molecule has 0 aliphatic rings. The minimum Gasteiger partial charge on any atom is -0.484 e. The number of hydrogen-bond acceptors (Lipinski definition) is 5. The van der Waals surface area contributed by atoms with Gasteiger partial charge in [-0.25, -0.2) is 4.98 Å². The van der Waals surface area contributed by atoms with Gasteiger partial charge in [-0.05, 0) is 26.0 Å². The van der Waals surface area contributed by atoms with Gasteiger partial charge in [-0.2, -0.15) is 0 Å². The van der Waals surface area contributed by atoms with Gasteiger partial charge in [0.25, 0.3) is 5.91 Å². The van der Waals surface area contributed by atoms with E-state index in [1.54, 1.807) is 24.3 Å². The lowest BCUT2D eigenvalue weighted by atomic mass is 10.3. The summed E-state index contributed by atoms with van der Waals surface area (Å²) in [5.74, 6) is 0.394. The molecule has 5 nitrogen and oxygen atoms in total. The van der Waals surface area contributed by atoms with Crippen LogP contribution in [0, 0.1) is 6.92 Å². The van der Waals surface area contributed by atoms with Gasteiger partial charge in [-0.1, -0.05) is 6.07 Å². The molecule has 0 aliphatic heterocycles. The van der Waals surface area contributed by atoms with Crippen molar-refractivity contribution in [2.45, 2.75) is 19.9 Å². The zero-order valence-electron chi connectivity index (χ0n) is 11.4. The van der Waals surface area contributed by atoms with E-state index >= 15 is 0 Å². The lowest BCUT2D eigenvalue weighted by Gasteiger charge is -2.12. The summed E-state index contributed by atoms with van der Waals surface area (Å²) in [6.07, 6.45) is 0. The molecular weight excluding hydrogens is 274 g/mol. The fourth-order valence-electron chi connectivity index (χ4n) is 1.67. The van der Waals surface area contributed by atoms with Gasteiger partial charge in [0.15, 0.2) is 6.61 Å². The van der Waals surface area contributed by atoms with Crippen molar-refractivity contribution in [2.75, 3.05) is 12.3 Å². The molecule has 3 N–H and O–H groups in total. The molecule has 2 rings (SSSR count). The third-order valence-corrected chi connectivity index (χ3v) is 3.76. The molecule has 0 saturated carbocycles. The molecule has 0 spiro atoms. The predicted molar refractivity (Wildman–Crippen MR) is 79.8 cm³/mol. The summed E-state index contributed by atoms with van der Waals surface area (Å²) in [7, 11) is 0. The Hall–Kier alpha value is -2.08. The molecule has 1 amide bonds. The number of aromatic nitrogens is 1. The lowest BCUT2D eigenvalue weighted by Crippen LogP contribution is -2.31. The van der Waals surface area contributed by atoms with Crippen molar-refractivity contribution in [1.29, 1.82) is 0 Å². The Balaban J connectivity index is 1.83. The number of anilines is 1. The number of nitrogens with two attached hydrogens (primary N) is 1. The lowest BCUT2D eigenvalue weighted by molar-refractivity contribution is -0.123. The van der Waals surface area contributed by atoms with Gasteiger partial charge in [-0.15, -0.1) is 11.3 Å². The smallest absolute Gasteiger partial charge is 0.258 e. The van der Waals surface area contributed by atoms with Crippen LogP contribution in [0.5, 0.6) is 5.75 Å². The Morgan fingerprint density at radius 1 is 1.55 bits per heavy atom. The molecule has 106 valence electrons. The summed E-state index contributed by atoms with van der Waals surface area (Å²) in [6, 6.07) is 6.87. The predicted octanol–water partition coefficient (Wildman–Crippen LogP) is 2.29. The molecule has 1 unspecified atom stereocenters. The van der Waals surface area contributed by atoms with Crippen molar-refractivity contribution in [3.63, 3.8) is 0 Å². The van der Waals surface area contributed by atoms with Crippen molar-refractivity contribution in [1.82, 2.24) is 10.3 Å². The molecule has 0 aliphatic carbocycles. The van der Waals surface area contributed by atoms with E-state index in [-0.39, 0.29) is 18.6 Å². The summed E-state index contributed by atoms with van der Waals surface area (Å²) >= 11 is 1.53. The van der Waals surface area contributed by atoms with Gasteiger partial charge in [0.05, 0.1) is 6.04 Å². The van der Waals surface area contributed by atoms with Crippen LogP contribution in [0.2, 0.25) is 0 Å². The maximum absolute atomic E-state index is 11.8. The average Bonchev–Trinajstić information content (AvgIpc) is 2.83. The van der Waals surface area contributed by atoms with Gasteiger partial charge in [0.2, 0.25) is 0 Å². The van der Waals surface area contributed by atoms with Gasteiger partial charge in [0.1, 0.15) is 10.8 Å². The summed E-state index contributed by atoms with van der Waals surface area (Å²) in [6.45, 7) is 3.78. The fraction of sp³-hybridized carbons (Fsp3) is 0.286. The van der Waals surface area contributed by atoms with Crippen LogP contribution in [0.4, 0.5) is 5.69 Å². The second-order valence-electron chi connectivity index (χ2n) is 4.48. The molecule has 1 atom stereocenters.